The topological polar surface area (TPSA) is 23.9 Å². The number of hydrogen-bond donors (Lipinski definition) is 1. The van der Waals surface area contributed by atoms with Crippen LogP contribution in [0.4, 0.5) is 0 Å². The van der Waals surface area contributed by atoms with Gasteiger partial charge < -0.3 is 0 Å². The summed E-state index contributed by atoms with van der Waals surface area (Å²) in [5.41, 5.74) is 2.17. The second kappa shape index (κ2) is 4.26. The van der Waals surface area contributed by atoms with Gasteiger partial charge in [0.2, 0.25) is 0 Å². The standard InChI is InChI=1S/C9H7NS3/c10-9-8(6-11-13-12-9)7-4-2-1-3-5-7/h1-6,10H. The summed E-state index contributed by atoms with van der Waals surface area (Å²) in [5, 5.41) is 10.4. The summed E-state index contributed by atoms with van der Waals surface area (Å²) < 4.78 is 0. The second-order valence-electron chi connectivity index (χ2n) is 2.47. The van der Waals surface area contributed by atoms with Gasteiger partial charge in [-0.05, 0) is 31.6 Å². The van der Waals surface area contributed by atoms with Gasteiger partial charge in [-0.15, -0.1) is 0 Å². The van der Waals surface area contributed by atoms with Gasteiger partial charge in [0.25, 0.3) is 0 Å². The maximum atomic E-state index is 7.74. The molecule has 4 heteroatoms. The molecule has 0 aliphatic carbocycles. The monoisotopic (exact) mass is 225 g/mol. The molecule has 0 amide bonds. The fourth-order valence-electron chi connectivity index (χ4n) is 1.04. The van der Waals surface area contributed by atoms with E-state index in [0.717, 1.165) is 11.1 Å². The zero-order chi connectivity index (χ0) is 9.10. The van der Waals surface area contributed by atoms with Gasteiger partial charge in [0.1, 0.15) is 5.04 Å². The van der Waals surface area contributed by atoms with Crippen LogP contribution in [-0.4, -0.2) is 5.04 Å². The van der Waals surface area contributed by atoms with Gasteiger partial charge >= 0.3 is 0 Å². The van der Waals surface area contributed by atoms with Gasteiger partial charge in [-0.25, -0.2) is 0 Å². The molecule has 1 nitrogen and oxygen atoms in total. The molecule has 66 valence electrons. The molecule has 0 saturated carbocycles. The molecule has 1 aromatic carbocycles. The van der Waals surface area contributed by atoms with E-state index in [4.69, 9.17) is 5.41 Å². The van der Waals surface area contributed by atoms with Crippen LogP contribution in [-0.2, 0) is 0 Å². The van der Waals surface area contributed by atoms with Crippen LogP contribution in [0.1, 0.15) is 5.56 Å². The molecule has 1 heterocycles. The van der Waals surface area contributed by atoms with Crippen LogP contribution in [0.25, 0.3) is 5.57 Å². The lowest BCUT2D eigenvalue weighted by molar-refractivity contribution is 1.55. The summed E-state index contributed by atoms with van der Waals surface area (Å²) in [6, 6.07) is 10.1. The Labute approximate surface area is 88.7 Å². The summed E-state index contributed by atoms with van der Waals surface area (Å²) in [7, 11) is 4.83. The zero-order valence-corrected chi connectivity index (χ0v) is 9.14. The summed E-state index contributed by atoms with van der Waals surface area (Å²) in [4.78, 5) is 0. The van der Waals surface area contributed by atoms with Crippen molar-refractivity contribution in [3.05, 3.63) is 41.3 Å². The molecule has 0 unspecified atom stereocenters. The highest BCUT2D eigenvalue weighted by atomic mass is 33.5. The molecule has 1 aromatic rings. The molecule has 1 aliphatic rings. The van der Waals surface area contributed by atoms with Gasteiger partial charge in [0.05, 0.1) is 0 Å². The number of nitrogens with one attached hydrogen (secondary N) is 1. The molecule has 0 atom stereocenters. The molecule has 0 radical (unpaired) electrons. The minimum atomic E-state index is 0.648. The highest BCUT2D eigenvalue weighted by Crippen LogP contribution is 2.45. The first kappa shape index (κ1) is 9.24. The third-order valence-electron chi connectivity index (χ3n) is 1.65. The van der Waals surface area contributed by atoms with E-state index >= 15 is 0 Å². The van der Waals surface area contributed by atoms with Gasteiger partial charge in [0.15, 0.2) is 0 Å². The zero-order valence-electron chi connectivity index (χ0n) is 6.69. The van der Waals surface area contributed by atoms with Gasteiger partial charge in [0, 0.05) is 5.57 Å². The summed E-state index contributed by atoms with van der Waals surface area (Å²) in [6.45, 7) is 0. The van der Waals surface area contributed by atoms with Crippen molar-refractivity contribution in [1.82, 2.24) is 0 Å². The van der Waals surface area contributed by atoms with E-state index in [-0.39, 0.29) is 0 Å². The summed E-state index contributed by atoms with van der Waals surface area (Å²) in [5.74, 6) is 0. The highest BCUT2D eigenvalue weighted by Gasteiger charge is 2.13. The quantitative estimate of drug-likeness (QED) is 0.730. The van der Waals surface area contributed by atoms with Crippen LogP contribution < -0.4 is 0 Å². The normalized spacial score (nSPS) is 16.9. The molecule has 1 N–H and O–H groups in total. The van der Waals surface area contributed by atoms with Gasteiger partial charge in [-0.2, -0.15) is 0 Å². The number of rotatable bonds is 1. The Hall–Kier alpha value is -0.320. The number of benzene rings is 1. The third-order valence-corrected chi connectivity index (χ3v) is 5.07. The maximum Gasteiger partial charge on any atom is 0.107 e. The molecule has 0 bridgehead atoms. The first-order valence-corrected chi connectivity index (χ1v) is 7.27. The lowest BCUT2D eigenvalue weighted by Gasteiger charge is -2.11. The lowest BCUT2D eigenvalue weighted by atomic mass is 10.1. The largest absolute Gasteiger partial charge is 0.293 e. The first-order chi connectivity index (χ1) is 6.38. The average molecular weight is 225 g/mol. The van der Waals surface area contributed by atoms with Crippen molar-refractivity contribution in [3.8, 4) is 0 Å². The van der Waals surface area contributed by atoms with E-state index in [1.54, 1.807) is 20.6 Å². The molecule has 13 heavy (non-hydrogen) atoms. The fraction of sp³-hybridized carbons (Fsp3) is 0. The molecule has 0 fully saturated rings. The summed E-state index contributed by atoms with van der Waals surface area (Å²) in [6.07, 6.45) is 0. The van der Waals surface area contributed by atoms with E-state index in [2.05, 4.69) is 0 Å². The van der Waals surface area contributed by atoms with E-state index in [0.29, 0.717) is 5.04 Å². The Morgan fingerprint density at radius 2 is 1.85 bits per heavy atom. The van der Waals surface area contributed by atoms with Crippen LogP contribution in [0.15, 0.2) is 35.7 Å². The van der Waals surface area contributed by atoms with Gasteiger partial charge in [-0.3, -0.25) is 5.41 Å². The van der Waals surface area contributed by atoms with Crippen LogP contribution in [0, 0.1) is 5.41 Å². The van der Waals surface area contributed by atoms with Crippen LogP contribution in [0.5, 0.6) is 0 Å². The van der Waals surface area contributed by atoms with Crippen molar-refractivity contribution in [1.29, 1.82) is 5.41 Å². The number of hydrogen-bond acceptors (Lipinski definition) is 4. The second-order valence-corrected chi connectivity index (χ2v) is 6.32. The minimum absolute atomic E-state index is 0.648. The van der Waals surface area contributed by atoms with Crippen LogP contribution >= 0.6 is 31.4 Å². The Bertz CT molecular complexity index is 345. The van der Waals surface area contributed by atoms with Crippen molar-refractivity contribution in [3.63, 3.8) is 0 Å². The van der Waals surface area contributed by atoms with Crippen molar-refractivity contribution in [2.45, 2.75) is 0 Å². The molecule has 0 spiro atoms. The van der Waals surface area contributed by atoms with Crippen molar-refractivity contribution in [2.24, 2.45) is 0 Å². The average Bonchev–Trinajstić information content (AvgIpc) is 2.20. The van der Waals surface area contributed by atoms with E-state index in [9.17, 15) is 0 Å². The molecule has 0 saturated heterocycles. The van der Waals surface area contributed by atoms with Gasteiger partial charge in [-0.1, -0.05) is 41.1 Å². The molecular formula is C9H7NS3. The van der Waals surface area contributed by atoms with E-state index in [1.807, 2.05) is 35.7 Å². The maximum absolute atomic E-state index is 7.74. The predicted octanol–water partition coefficient (Wildman–Crippen LogP) is 4.05. The Morgan fingerprint density at radius 3 is 2.54 bits per heavy atom. The Balaban J connectivity index is 2.35. The molecule has 1 aliphatic heterocycles. The predicted molar refractivity (Wildman–Crippen MR) is 64.9 cm³/mol. The van der Waals surface area contributed by atoms with Crippen molar-refractivity contribution < 1.29 is 0 Å². The van der Waals surface area contributed by atoms with E-state index < -0.39 is 0 Å². The van der Waals surface area contributed by atoms with Crippen molar-refractivity contribution >= 4 is 42.0 Å². The molecular weight excluding hydrogens is 218 g/mol. The smallest absolute Gasteiger partial charge is 0.107 e. The lowest BCUT2D eigenvalue weighted by Crippen LogP contribution is -1.95. The minimum Gasteiger partial charge on any atom is -0.293 e. The molecule has 2 rings (SSSR count). The van der Waals surface area contributed by atoms with E-state index in [1.165, 1.54) is 10.8 Å². The Kier molecular flexibility index (Phi) is 3.03. The van der Waals surface area contributed by atoms with Crippen LogP contribution in [0.3, 0.4) is 0 Å². The first-order valence-electron chi connectivity index (χ1n) is 3.72. The molecule has 0 aromatic heterocycles. The Morgan fingerprint density at radius 1 is 1.08 bits per heavy atom. The van der Waals surface area contributed by atoms with Crippen LogP contribution in [0.2, 0.25) is 0 Å². The SMILES string of the molecule is N=C1SSSC=C1c1ccccc1. The summed E-state index contributed by atoms with van der Waals surface area (Å²) >= 11 is 0. The van der Waals surface area contributed by atoms with Crippen molar-refractivity contribution in [2.75, 3.05) is 0 Å². The third kappa shape index (κ3) is 2.13. The fourth-order valence-corrected chi connectivity index (χ4v) is 4.19. The highest BCUT2D eigenvalue weighted by molar-refractivity contribution is 9.13.